The topological polar surface area (TPSA) is 64.0 Å². The standard InChI is InChI=1S/C13H13N3O2/c1-16-9-15-13(12(16)11(18)8-17)14-7-10-5-3-2-4-6-10/h2-6,8-9,14H,7H2,1H3. The fourth-order valence-corrected chi connectivity index (χ4v) is 1.69. The average molecular weight is 243 g/mol. The van der Waals surface area contributed by atoms with Gasteiger partial charge in [0.05, 0.1) is 6.33 Å². The van der Waals surface area contributed by atoms with E-state index < -0.39 is 5.78 Å². The minimum atomic E-state index is -0.578. The van der Waals surface area contributed by atoms with Crippen LogP contribution < -0.4 is 5.32 Å². The second-order valence-electron chi connectivity index (χ2n) is 3.87. The van der Waals surface area contributed by atoms with E-state index in [9.17, 15) is 9.59 Å². The van der Waals surface area contributed by atoms with Crippen molar-refractivity contribution in [3.8, 4) is 0 Å². The number of benzene rings is 1. The number of aromatic nitrogens is 2. The van der Waals surface area contributed by atoms with Gasteiger partial charge in [0.1, 0.15) is 5.69 Å². The summed E-state index contributed by atoms with van der Waals surface area (Å²) in [7, 11) is 1.68. The number of anilines is 1. The van der Waals surface area contributed by atoms with E-state index in [0.717, 1.165) is 5.56 Å². The molecule has 2 aromatic rings. The third-order valence-electron chi connectivity index (χ3n) is 2.58. The quantitative estimate of drug-likeness (QED) is 0.490. The summed E-state index contributed by atoms with van der Waals surface area (Å²) in [6.45, 7) is 0.553. The number of aryl methyl sites for hydroxylation is 1. The number of rotatable bonds is 5. The molecular formula is C13H13N3O2. The number of nitrogens with one attached hydrogen (secondary N) is 1. The van der Waals surface area contributed by atoms with E-state index >= 15 is 0 Å². The van der Waals surface area contributed by atoms with E-state index in [4.69, 9.17) is 0 Å². The molecule has 0 saturated carbocycles. The number of imidazole rings is 1. The van der Waals surface area contributed by atoms with Crippen LogP contribution in [0.5, 0.6) is 0 Å². The lowest BCUT2D eigenvalue weighted by Crippen LogP contribution is -2.10. The maximum absolute atomic E-state index is 11.5. The zero-order chi connectivity index (χ0) is 13.0. The van der Waals surface area contributed by atoms with Crippen molar-refractivity contribution < 1.29 is 9.59 Å². The Labute approximate surface area is 104 Å². The van der Waals surface area contributed by atoms with Gasteiger partial charge in [-0.1, -0.05) is 30.3 Å². The molecule has 0 unspecified atom stereocenters. The molecule has 0 spiro atoms. The van der Waals surface area contributed by atoms with Crippen LogP contribution in [0.3, 0.4) is 0 Å². The first-order chi connectivity index (χ1) is 8.72. The molecule has 0 bridgehead atoms. The zero-order valence-corrected chi connectivity index (χ0v) is 9.96. The largest absolute Gasteiger partial charge is 0.364 e. The second kappa shape index (κ2) is 5.27. The van der Waals surface area contributed by atoms with Crippen molar-refractivity contribution >= 4 is 17.9 Å². The number of aldehydes is 1. The maximum Gasteiger partial charge on any atom is 0.245 e. The molecule has 0 aliphatic rings. The van der Waals surface area contributed by atoms with Crippen LogP contribution in [0.2, 0.25) is 0 Å². The first-order valence-electron chi connectivity index (χ1n) is 5.51. The number of hydrogen-bond acceptors (Lipinski definition) is 4. The lowest BCUT2D eigenvalue weighted by Gasteiger charge is -2.05. The Hall–Kier alpha value is -2.43. The van der Waals surface area contributed by atoms with Gasteiger partial charge in [-0.3, -0.25) is 9.59 Å². The first-order valence-corrected chi connectivity index (χ1v) is 5.51. The van der Waals surface area contributed by atoms with Gasteiger partial charge >= 0.3 is 0 Å². The molecule has 18 heavy (non-hydrogen) atoms. The highest BCUT2D eigenvalue weighted by atomic mass is 16.2. The third-order valence-corrected chi connectivity index (χ3v) is 2.58. The summed E-state index contributed by atoms with van der Waals surface area (Å²) in [6, 6.07) is 9.75. The Morgan fingerprint density at radius 2 is 2.11 bits per heavy atom. The monoisotopic (exact) mass is 243 g/mol. The summed E-state index contributed by atoms with van der Waals surface area (Å²) >= 11 is 0. The molecule has 0 radical (unpaired) electrons. The Kier molecular flexibility index (Phi) is 3.52. The summed E-state index contributed by atoms with van der Waals surface area (Å²) in [4.78, 5) is 26.1. The van der Waals surface area contributed by atoms with Crippen LogP contribution in [0.15, 0.2) is 36.7 Å². The van der Waals surface area contributed by atoms with Crippen LogP contribution in [0.1, 0.15) is 16.1 Å². The van der Waals surface area contributed by atoms with Gasteiger partial charge in [-0.05, 0) is 5.56 Å². The SMILES string of the molecule is Cn1cnc(NCc2ccccc2)c1C(=O)C=O. The predicted octanol–water partition coefficient (Wildman–Crippen LogP) is 1.41. The van der Waals surface area contributed by atoms with E-state index in [2.05, 4.69) is 10.3 Å². The maximum atomic E-state index is 11.5. The van der Waals surface area contributed by atoms with E-state index in [-0.39, 0.29) is 5.69 Å². The molecule has 0 amide bonds. The van der Waals surface area contributed by atoms with Gasteiger partial charge in [-0.15, -0.1) is 0 Å². The molecule has 92 valence electrons. The molecule has 0 aliphatic heterocycles. The van der Waals surface area contributed by atoms with E-state index in [0.29, 0.717) is 18.6 Å². The molecule has 5 heteroatoms. The van der Waals surface area contributed by atoms with Crippen LogP contribution in [-0.4, -0.2) is 21.6 Å². The number of Topliss-reactive ketones (excluding diaryl/α,β-unsaturated/α-hetero) is 1. The summed E-state index contributed by atoms with van der Waals surface area (Å²) in [5.74, 6) is -0.149. The number of nitrogens with zero attached hydrogens (tertiary/aromatic N) is 2. The summed E-state index contributed by atoms with van der Waals surface area (Å²) in [5.41, 5.74) is 1.36. The zero-order valence-electron chi connectivity index (χ0n) is 9.96. The molecule has 1 heterocycles. The number of hydrogen-bond donors (Lipinski definition) is 1. The van der Waals surface area contributed by atoms with Gasteiger partial charge in [0.25, 0.3) is 0 Å². The molecular weight excluding hydrogens is 230 g/mol. The Morgan fingerprint density at radius 1 is 1.39 bits per heavy atom. The fourth-order valence-electron chi connectivity index (χ4n) is 1.69. The molecule has 0 atom stereocenters. The summed E-state index contributed by atoms with van der Waals surface area (Å²) in [6.07, 6.45) is 1.80. The highest BCUT2D eigenvalue weighted by Gasteiger charge is 2.15. The molecule has 0 saturated heterocycles. The normalized spacial score (nSPS) is 10.1. The molecule has 1 N–H and O–H groups in total. The lowest BCUT2D eigenvalue weighted by atomic mass is 10.2. The van der Waals surface area contributed by atoms with Gasteiger partial charge in [-0.25, -0.2) is 4.98 Å². The van der Waals surface area contributed by atoms with Crippen molar-refractivity contribution in [3.05, 3.63) is 47.9 Å². The first kappa shape index (κ1) is 12.0. The van der Waals surface area contributed by atoms with Gasteiger partial charge in [-0.2, -0.15) is 0 Å². The second-order valence-corrected chi connectivity index (χ2v) is 3.87. The highest BCUT2D eigenvalue weighted by Crippen LogP contribution is 2.13. The minimum Gasteiger partial charge on any atom is -0.364 e. The smallest absolute Gasteiger partial charge is 0.245 e. The summed E-state index contributed by atoms with van der Waals surface area (Å²) in [5, 5.41) is 3.05. The molecule has 1 aromatic heterocycles. The van der Waals surface area contributed by atoms with Crippen molar-refractivity contribution in [1.82, 2.24) is 9.55 Å². The van der Waals surface area contributed by atoms with Crippen LogP contribution in [0.25, 0.3) is 0 Å². The van der Waals surface area contributed by atoms with Crippen molar-refractivity contribution in [2.45, 2.75) is 6.54 Å². The van der Waals surface area contributed by atoms with Crippen molar-refractivity contribution in [1.29, 1.82) is 0 Å². The lowest BCUT2D eigenvalue weighted by molar-refractivity contribution is -0.104. The predicted molar refractivity (Wildman–Crippen MR) is 67.4 cm³/mol. The van der Waals surface area contributed by atoms with Crippen molar-refractivity contribution in [2.24, 2.45) is 7.05 Å². The molecule has 2 rings (SSSR count). The highest BCUT2D eigenvalue weighted by molar-refractivity contribution is 6.34. The molecule has 1 aromatic carbocycles. The van der Waals surface area contributed by atoms with Gasteiger partial charge in [0, 0.05) is 13.6 Å². The van der Waals surface area contributed by atoms with Gasteiger partial charge in [0.2, 0.25) is 5.78 Å². The minimum absolute atomic E-state index is 0.279. The van der Waals surface area contributed by atoms with E-state index in [1.807, 2.05) is 30.3 Å². The average Bonchev–Trinajstić information content (AvgIpc) is 2.78. The Bertz CT molecular complexity index is 561. The fraction of sp³-hybridized carbons (Fsp3) is 0.154. The number of ketones is 1. The van der Waals surface area contributed by atoms with Gasteiger partial charge in [0.15, 0.2) is 12.1 Å². The molecule has 0 fully saturated rings. The van der Waals surface area contributed by atoms with E-state index in [1.165, 1.54) is 10.9 Å². The van der Waals surface area contributed by atoms with Gasteiger partial charge < -0.3 is 9.88 Å². The molecule has 0 aliphatic carbocycles. The van der Waals surface area contributed by atoms with Crippen LogP contribution in [0.4, 0.5) is 5.82 Å². The number of carbonyl (C=O) groups is 2. The third kappa shape index (κ3) is 2.45. The summed E-state index contributed by atoms with van der Waals surface area (Å²) < 4.78 is 1.53. The van der Waals surface area contributed by atoms with E-state index in [1.54, 1.807) is 7.05 Å². The van der Waals surface area contributed by atoms with Crippen LogP contribution in [0, 0.1) is 0 Å². The van der Waals surface area contributed by atoms with Crippen LogP contribution in [-0.2, 0) is 18.4 Å². The Morgan fingerprint density at radius 3 is 2.78 bits per heavy atom. The van der Waals surface area contributed by atoms with Crippen LogP contribution >= 0.6 is 0 Å². The Balaban J connectivity index is 2.15. The number of carbonyl (C=O) groups excluding carboxylic acids is 2. The van der Waals surface area contributed by atoms with Crippen molar-refractivity contribution in [3.63, 3.8) is 0 Å². The van der Waals surface area contributed by atoms with Crippen molar-refractivity contribution in [2.75, 3.05) is 5.32 Å². The molecule has 5 nitrogen and oxygen atoms in total.